The molecule has 1 heterocycles. The summed E-state index contributed by atoms with van der Waals surface area (Å²) in [6, 6.07) is 6.49. The van der Waals surface area contributed by atoms with Gasteiger partial charge in [-0.25, -0.2) is 0 Å². The van der Waals surface area contributed by atoms with Crippen molar-refractivity contribution >= 4 is 27.5 Å². The Labute approximate surface area is 129 Å². The molecule has 0 bridgehead atoms. The molecule has 0 atom stereocenters. The van der Waals surface area contributed by atoms with Gasteiger partial charge in [0.15, 0.2) is 0 Å². The third kappa shape index (κ3) is 2.71. The van der Waals surface area contributed by atoms with Crippen molar-refractivity contribution in [1.29, 1.82) is 0 Å². The van der Waals surface area contributed by atoms with Crippen LogP contribution < -0.4 is 4.90 Å². The van der Waals surface area contributed by atoms with E-state index in [2.05, 4.69) is 50.9 Å². The van der Waals surface area contributed by atoms with E-state index >= 15 is 0 Å². The Balaban J connectivity index is 1.60. The first-order valence-electron chi connectivity index (χ1n) is 7.45. The van der Waals surface area contributed by atoms with Gasteiger partial charge in [0.2, 0.25) is 5.91 Å². The molecule has 2 aliphatic rings. The second-order valence-corrected chi connectivity index (χ2v) is 6.73. The van der Waals surface area contributed by atoms with Gasteiger partial charge in [0.25, 0.3) is 0 Å². The van der Waals surface area contributed by atoms with Crippen LogP contribution in [0.3, 0.4) is 0 Å². The van der Waals surface area contributed by atoms with Gasteiger partial charge >= 0.3 is 0 Å². The first kappa shape index (κ1) is 13.9. The predicted molar refractivity (Wildman–Crippen MR) is 85.0 cm³/mol. The average Bonchev–Trinajstić information content (AvgIpc) is 2.40. The number of nitrogens with zero attached hydrogens (tertiary/aromatic N) is 2. The smallest absolute Gasteiger partial charge is 0.225 e. The number of anilines is 1. The summed E-state index contributed by atoms with van der Waals surface area (Å²) in [5, 5.41) is 0. The first-order valence-corrected chi connectivity index (χ1v) is 8.24. The van der Waals surface area contributed by atoms with Crippen molar-refractivity contribution in [2.75, 3.05) is 31.1 Å². The Bertz CT molecular complexity index is 505. The molecule has 1 saturated heterocycles. The van der Waals surface area contributed by atoms with Gasteiger partial charge in [-0.1, -0.05) is 28.4 Å². The normalized spacial score (nSPS) is 19.9. The van der Waals surface area contributed by atoms with Crippen molar-refractivity contribution in [2.45, 2.75) is 26.2 Å². The van der Waals surface area contributed by atoms with Crippen LogP contribution in [0.25, 0.3) is 0 Å². The van der Waals surface area contributed by atoms with Gasteiger partial charge in [-0.15, -0.1) is 0 Å². The first-order chi connectivity index (χ1) is 9.65. The molecule has 20 heavy (non-hydrogen) atoms. The van der Waals surface area contributed by atoms with Gasteiger partial charge in [0.1, 0.15) is 0 Å². The SMILES string of the molecule is Cc1ccc(N2CCN(C(=O)C3CCC3)CC2)cc1Br. The highest BCUT2D eigenvalue weighted by atomic mass is 79.9. The molecular formula is C16H21BrN2O. The maximum absolute atomic E-state index is 12.2. The number of piperazine rings is 1. The van der Waals surface area contributed by atoms with Gasteiger partial charge in [-0.3, -0.25) is 4.79 Å². The monoisotopic (exact) mass is 336 g/mol. The minimum atomic E-state index is 0.329. The zero-order valence-corrected chi connectivity index (χ0v) is 13.5. The summed E-state index contributed by atoms with van der Waals surface area (Å²) in [4.78, 5) is 16.7. The molecule has 0 aromatic heterocycles. The minimum absolute atomic E-state index is 0.329. The minimum Gasteiger partial charge on any atom is -0.368 e. The van der Waals surface area contributed by atoms with Crippen LogP contribution >= 0.6 is 15.9 Å². The third-order valence-electron chi connectivity index (χ3n) is 4.57. The Morgan fingerprint density at radius 1 is 1.20 bits per heavy atom. The van der Waals surface area contributed by atoms with E-state index in [-0.39, 0.29) is 0 Å². The molecule has 2 fully saturated rings. The summed E-state index contributed by atoms with van der Waals surface area (Å²) in [5.41, 5.74) is 2.51. The molecule has 1 amide bonds. The lowest BCUT2D eigenvalue weighted by atomic mass is 9.84. The third-order valence-corrected chi connectivity index (χ3v) is 5.42. The summed E-state index contributed by atoms with van der Waals surface area (Å²) in [6.45, 7) is 5.70. The van der Waals surface area contributed by atoms with Crippen molar-refractivity contribution < 1.29 is 4.79 Å². The lowest BCUT2D eigenvalue weighted by Gasteiger charge is -2.39. The fourth-order valence-electron chi connectivity index (χ4n) is 2.88. The number of hydrogen-bond acceptors (Lipinski definition) is 2. The van der Waals surface area contributed by atoms with Crippen molar-refractivity contribution in [3.8, 4) is 0 Å². The van der Waals surface area contributed by atoms with Crippen LogP contribution in [0.15, 0.2) is 22.7 Å². The average molecular weight is 337 g/mol. The quantitative estimate of drug-likeness (QED) is 0.827. The Kier molecular flexibility index (Phi) is 4.01. The van der Waals surface area contributed by atoms with Crippen LogP contribution in [0.2, 0.25) is 0 Å². The number of amides is 1. The van der Waals surface area contributed by atoms with Crippen molar-refractivity contribution in [1.82, 2.24) is 4.90 Å². The molecule has 0 radical (unpaired) electrons. The molecule has 1 aromatic carbocycles. The number of halogens is 1. The van der Waals surface area contributed by atoms with Crippen LogP contribution in [-0.4, -0.2) is 37.0 Å². The molecule has 108 valence electrons. The summed E-state index contributed by atoms with van der Waals surface area (Å²) in [7, 11) is 0. The lowest BCUT2D eigenvalue weighted by Crippen LogP contribution is -2.51. The van der Waals surface area contributed by atoms with E-state index in [9.17, 15) is 4.79 Å². The Hall–Kier alpha value is -1.03. The van der Waals surface area contributed by atoms with Crippen LogP contribution in [0.4, 0.5) is 5.69 Å². The largest absolute Gasteiger partial charge is 0.368 e. The van der Waals surface area contributed by atoms with Crippen LogP contribution in [0.5, 0.6) is 0 Å². The zero-order chi connectivity index (χ0) is 14.1. The Morgan fingerprint density at radius 3 is 2.45 bits per heavy atom. The molecule has 1 aromatic rings. The highest BCUT2D eigenvalue weighted by molar-refractivity contribution is 9.10. The maximum Gasteiger partial charge on any atom is 0.225 e. The topological polar surface area (TPSA) is 23.6 Å². The van der Waals surface area contributed by atoms with Crippen LogP contribution in [-0.2, 0) is 4.79 Å². The van der Waals surface area contributed by atoms with Gasteiger partial charge < -0.3 is 9.80 Å². The standard InChI is InChI=1S/C16H21BrN2O/c1-12-5-6-14(11-15(12)17)18-7-9-19(10-8-18)16(20)13-3-2-4-13/h5-6,11,13H,2-4,7-10H2,1H3. The van der Waals surface area contributed by atoms with E-state index < -0.39 is 0 Å². The van der Waals surface area contributed by atoms with Gasteiger partial charge in [0.05, 0.1) is 0 Å². The molecule has 1 aliphatic heterocycles. The highest BCUT2D eigenvalue weighted by Crippen LogP contribution is 2.29. The lowest BCUT2D eigenvalue weighted by molar-refractivity contribution is -0.138. The summed E-state index contributed by atoms with van der Waals surface area (Å²) in [6.07, 6.45) is 3.43. The van der Waals surface area contributed by atoms with E-state index in [1.165, 1.54) is 17.7 Å². The Morgan fingerprint density at radius 2 is 1.90 bits per heavy atom. The van der Waals surface area contributed by atoms with E-state index in [0.717, 1.165) is 43.5 Å². The number of carbonyl (C=O) groups is 1. The van der Waals surface area contributed by atoms with E-state index in [4.69, 9.17) is 0 Å². The molecule has 0 N–H and O–H groups in total. The second kappa shape index (κ2) is 5.76. The zero-order valence-electron chi connectivity index (χ0n) is 11.9. The molecule has 1 saturated carbocycles. The van der Waals surface area contributed by atoms with Crippen molar-refractivity contribution in [3.05, 3.63) is 28.2 Å². The van der Waals surface area contributed by atoms with E-state index in [1.807, 2.05) is 0 Å². The second-order valence-electron chi connectivity index (χ2n) is 5.87. The predicted octanol–water partition coefficient (Wildman–Crippen LogP) is 3.21. The maximum atomic E-state index is 12.2. The number of carbonyl (C=O) groups excluding carboxylic acids is 1. The van der Waals surface area contributed by atoms with Crippen LogP contribution in [0.1, 0.15) is 24.8 Å². The molecule has 4 heteroatoms. The van der Waals surface area contributed by atoms with Crippen LogP contribution in [0, 0.1) is 12.8 Å². The molecule has 3 nitrogen and oxygen atoms in total. The molecule has 0 spiro atoms. The fourth-order valence-corrected chi connectivity index (χ4v) is 3.24. The summed E-state index contributed by atoms with van der Waals surface area (Å²) < 4.78 is 1.16. The van der Waals surface area contributed by atoms with Gasteiger partial charge in [-0.05, 0) is 37.5 Å². The van der Waals surface area contributed by atoms with Gasteiger partial charge in [-0.2, -0.15) is 0 Å². The molecular weight excluding hydrogens is 316 g/mol. The van der Waals surface area contributed by atoms with Gasteiger partial charge in [0, 0.05) is 42.3 Å². The molecule has 0 unspecified atom stereocenters. The number of benzene rings is 1. The van der Waals surface area contributed by atoms with E-state index in [0.29, 0.717) is 11.8 Å². The van der Waals surface area contributed by atoms with E-state index in [1.54, 1.807) is 0 Å². The van der Waals surface area contributed by atoms with Crippen molar-refractivity contribution in [2.24, 2.45) is 5.92 Å². The van der Waals surface area contributed by atoms with Crippen molar-refractivity contribution in [3.63, 3.8) is 0 Å². The highest BCUT2D eigenvalue weighted by Gasteiger charge is 2.31. The number of hydrogen-bond donors (Lipinski definition) is 0. The number of rotatable bonds is 2. The molecule has 1 aliphatic carbocycles. The molecule has 3 rings (SSSR count). The summed E-state index contributed by atoms with van der Waals surface area (Å²) >= 11 is 3.59. The summed E-state index contributed by atoms with van der Waals surface area (Å²) in [5.74, 6) is 0.719. The fraction of sp³-hybridized carbons (Fsp3) is 0.562. The number of aryl methyl sites for hydroxylation is 1.